The number of carbonyl (C=O) groups excluding carboxylic acids is 1. The van der Waals surface area contributed by atoms with E-state index in [-0.39, 0.29) is 23.9 Å². The van der Waals surface area contributed by atoms with Crippen LogP contribution in [0.1, 0.15) is 5.56 Å². The second-order valence-electron chi connectivity index (χ2n) is 6.20. The van der Waals surface area contributed by atoms with Gasteiger partial charge in [0.15, 0.2) is 0 Å². The molecule has 0 aromatic heterocycles. The van der Waals surface area contributed by atoms with Gasteiger partial charge in [0.05, 0.1) is 24.2 Å². The van der Waals surface area contributed by atoms with Crippen molar-refractivity contribution >= 4 is 21.6 Å². The molecule has 0 bridgehead atoms. The molecule has 2 aromatic rings. The molecular formula is C19H25N3O4S. The lowest BCUT2D eigenvalue weighted by Crippen LogP contribution is -2.35. The third kappa shape index (κ3) is 4.99. The van der Waals surface area contributed by atoms with Gasteiger partial charge in [-0.25, -0.2) is 12.7 Å². The molecule has 1 amide bonds. The highest BCUT2D eigenvalue weighted by Gasteiger charge is 2.21. The SMILES string of the molecule is COc1ccccc1N(C)CC(=O)NCc1ccccc1S(=O)(=O)N(C)C. The minimum Gasteiger partial charge on any atom is -0.495 e. The first-order chi connectivity index (χ1) is 12.8. The Balaban J connectivity index is 2.07. The van der Waals surface area contributed by atoms with Gasteiger partial charge in [-0.05, 0) is 23.8 Å². The second kappa shape index (κ2) is 8.88. The molecule has 0 aliphatic heterocycles. The number of para-hydroxylation sites is 2. The lowest BCUT2D eigenvalue weighted by Gasteiger charge is -2.21. The molecule has 7 nitrogen and oxygen atoms in total. The van der Waals surface area contributed by atoms with Gasteiger partial charge in [-0.1, -0.05) is 30.3 Å². The van der Waals surface area contributed by atoms with Gasteiger partial charge in [0.1, 0.15) is 5.75 Å². The molecule has 146 valence electrons. The lowest BCUT2D eigenvalue weighted by atomic mass is 10.2. The van der Waals surface area contributed by atoms with E-state index in [9.17, 15) is 13.2 Å². The number of hydrogen-bond acceptors (Lipinski definition) is 5. The topological polar surface area (TPSA) is 79.0 Å². The van der Waals surface area contributed by atoms with Gasteiger partial charge in [0.2, 0.25) is 15.9 Å². The molecule has 0 aliphatic carbocycles. The maximum atomic E-state index is 12.4. The maximum Gasteiger partial charge on any atom is 0.242 e. The summed E-state index contributed by atoms with van der Waals surface area (Å²) in [5, 5.41) is 2.78. The zero-order valence-corrected chi connectivity index (χ0v) is 16.8. The van der Waals surface area contributed by atoms with E-state index in [2.05, 4.69) is 5.32 Å². The van der Waals surface area contributed by atoms with Crippen molar-refractivity contribution in [2.45, 2.75) is 11.4 Å². The highest BCUT2D eigenvalue weighted by atomic mass is 32.2. The number of rotatable bonds is 8. The summed E-state index contributed by atoms with van der Waals surface area (Å²) < 4.78 is 31.3. The number of ether oxygens (including phenoxy) is 1. The van der Waals surface area contributed by atoms with E-state index in [0.717, 1.165) is 9.99 Å². The molecule has 0 aliphatic rings. The molecule has 0 radical (unpaired) electrons. The predicted octanol–water partition coefficient (Wildman–Crippen LogP) is 1.70. The summed E-state index contributed by atoms with van der Waals surface area (Å²) in [5.41, 5.74) is 1.34. The zero-order chi connectivity index (χ0) is 20.0. The summed E-state index contributed by atoms with van der Waals surface area (Å²) in [6.07, 6.45) is 0. The van der Waals surface area contributed by atoms with Crippen molar-refractivity contribution in [2.75, 3.05) is 39.7 Å². The van der Waals surface area contributed by atoms with E-state index < -0.39 is 10.0 Å². The van der Waals surface area contributed by atoms with Crippen molar-refractivity contribution < 1.29 is 17.9 Å². The third-order valence-corrected chi connectivity index (χ3v) is 6.00. The molecule has 0 saturated heterocycles. The number of anilines is 1. The zero-order valence-electron chi connectivity index (χ0n) is 16.0. The number of nitrogens with one attached hydrogen (secondary N) is 1. The van der Waals surface area contributed by atoms with Crippen molar-refractivity contribution in [1.82, 2.24) is 9.62 Å². The number of amides is 1. The first-order valence-corrected chi connectivity index (χ1v) is 9.82. The Kier molecular flexibility index (Phi) is 6.81. The van der Waals surface area contributed by atoms with Crippen molar-refractivity contribution in [3.05, 3.63) is 54.1 Å². The fraction of sp³-hybridized carbons (Fsp3) is 0.316. The minimum absolute atomic E-state index is 0.114. The van der Waals surface area contributed by atoms with Crippen LogP contribution in [0.25, 0.3) is 0 Å². The molecule has 0 heterocycles. The van der Waals surface area contributed by atoms with Crippen LogP contribution in [0.5, 0.6) is 5.75 Å². The average molecular weight is 391 g/mol. The Morgan fingerprint density at radius 3 is 2.33 bits per heavy atom. The van der Waals surface area contributed by atoms with E-state index in [1.807, 2.05) is 24.3 Å². The molecule has 8 heteroatoms. The molecule has 2 aromatic carbocycles. The van der Waals surface area contributed by atoms with Crippen LogP contribution in [0, 0.1) is 0 Å². The molecular weight excluding hydrogens is 366 g/mol. The maximum absolute atomic E-state index is 12.4. The highest BCUT2D eigenvalue weighted by Crippen LogP contribution is 2.26. The molecule has 2 rings (SSSR count). The molecule has 0 fully saturated rings. The van der Waals surface area contributed by atoms with Crippen LogP contribution in [-0.2, 0) is 21.4 Å². The van der Waals surface area contributed by atoms with E-state index in [1.165, 1.54) is 20.2 Å². The minimum atomic E-state index is -3.58. The van der Waals surface area contributed by atoms with Gasteiger partial charge >= 0.3 is 0 Å². The van der Waals surface area contributed by atoms with Crippen molar-refractivity contribution in [2.24, 2.45) is 0 Å². The molecule has 0 unspecified atom stereocenters. The summed E-state index contributed by atoms with van der Waals surface area (Å²) in [5.74, 6) is 0.454. The first-order valence-electron chi connectivity index (χ1n) is 8.38. The summed E-state index contributed by atoms with van der Waals surface area (Å²) in [6, 6.07) is 14.1. The van der Waals surface area contributed by atoms with Crippen LogP contribution in [0.2, 0.25) is 0 Å². The number of benzene rings is 2. The van der Waals surface area contributed by atoms with Gasteiger partial charge in [-0.2, -0.15) is 0 Å². The summed E-state index contributed by atoms with van der Waals surface area (Å²) >= 11 is 0. The van der Waals surface area contributed by atoms with Crippen LogP contribution < -0.4 is 15.0 Å². The Morgan fingerprint density at radius 1 is 1.04 bits per heavy atom. The first kappa shape index (κ1) is 20.7. The number of likely N-dealkylation sites (N-methyl/N-ethyl adjacent to an activating group) is 1. The van der Waals surface area contributed by atoms with Gasteiger partial charge < -0.3 is 15.0 Å². The van der Waals surface area contributed by atoms with Crippen LogP contribution in [-0.4, -0.2) is 53.4 Å². The largest absolute Gasteiger partial charge is 0.495 e. The van der Waals surface area contributed by atoms with Crippen molar-refractivity contribution in [3.63, 3.8) is 0 Å². The van der Waals surface area contributed by atoms with Gasteiger partial charge in [-0.15, -0.1) is 0 Å². The third-order valence-electron chi connectivity index (χ3n) is 4.08. The Labute approximate surface area is 160 Å². The quantitative estimate of drug-likeness (QED) is 0.741. The summed E-state index contributed by atoms with van der Waals surface area (Å²) in [7, 11) is 2.75. The smallest absolute Gasteiger partial charge is 0.242 e. The fourth-order valence-electron chi connectivity index (χ4n) is 2.59. The normalized spacial score (nSPS) is 11.3. The van der Waals surface area contributed by atoms with Gasteiger partial charge in [0, 0.05) is 27.7 Å². The standard InChI is InChI=1S/C19H25N3O4S/c1-21(2)27(24,25)18-12-8-5-9-15(18)13-20-19(23)14-22(3)16-10-6-7-11-17(16)26-4/h5-12H,13-14H2,1-4H3,(H,20,23). The van der Waals surface area contributed by atoms with Gasteiger partial charge in [-0.3, -0.25) is 4.79 Å². The summed E-state index contributed by atoms with van der Waals surface area (Å²) in [6.45, 7) is 0.241. The highest BCUT2D eigenvalue weighted by molar-refractivity contribution is 7.89. The number of nitrogens with zero attached hydrogens (tertiary/aromatic N) is 2. The molecule has 0 atom stereocenters. The average Bonchev–Trinajstić information content (AvgIpc) is 2.66. The number of carbonyl (C=O) groups is 1. The van der Waals surface area contributed by atoms with E-state index in [4.69, 9.17) is 4.74 Å². The molecule has 1 N–H and O–H groups in total. The van der Waals surface area contributed by atoms with E-state index in [1.54, 1.807) is 37.3 Å². The Hall–Kier alpha value is -2.58. The Bertz CT molecular complexity index is 897. The van der Waals surface area contributed by atoms with Crippen molar-refractivity contribution in [3.8, 4) is 5.75 Å². The van der Waals surface area contributed by atoms with Crippen LogP contribution in [0.15, 0.2) is 53.4 Å². The molecule has 0 spiro atoms. The van der Waals surface area contributed by atoms with Crippen molar-refractivity contribution in [1.29, 1.82) is 0 Å². The molecule has 0 saturated carbocycles. The van der Waals surface area contributed by atoms with E-state index in [0.29, 0.717) is 11.3 Å². The molecule has 27 heavy (non-hydrogen) atoms. The fourth-order valence-corrected chi connectivity index (χ4v) is 3.71. The van der Waals surface area contributed by atoms with Gasteiger partial charge in [0.25, 0.3) is 0 Å². The van der Waals surface area contributed by atoms with E-state index >= 15 is 0 Å². The second-order valence-corrected chi connectivity index (χ2v) is 8.32. The van der Waals surface area contributed by atoms with Crippen LogP contribution >= 0.6 is 0 Å². The van der Waals surface area contributed by atoms with Crippen LogP contribution in [0.3, 0.4) is 0 Å². The summed E-state index contributed by atoms with van der Waals surface area (Å²) in [4.78, 5) is 14.3. The monoisotopic (exact) mass is 391 g/mol. The predicted molar refractivity (Wildman–Crippen MR) is 105 cm³/mol. The number of hydrogen-bond donors (Lipinski definition) is 1. The van der Waals surface area contributed by atoms with Crippen LogP contribution in [0.4, 0.5) is 5.69 Å². The number of sulfonamides is 1. The lowest BCUT2D eigenvalue weighted by molar-refractivity contribution is -0.119. The Morgan fingerprint density at radius 2 is 1.67 bits per heavy atom. The number of methoxy groups -OCH3 is 1.